The molecule has 40 heavy (non-hydrogen) atoms. The Bertz CT molecular complexity index is 1190. The van der Waals surface area contributed by atoms with Gasteiger partial charge in [-0.25, -0.2) is 4.79 Å². The molecule has 7 heteroatoms. The number of unbranched alkanes of at least 4 members (excludes halogenated alkanes) is 6. The maximum atomic E-state index is 13.7. The van der Waals surface area contributed by atoms with Crippen LogP contribution in [-0.4, -0.2) is 34.3 Å². The number of nitrogens with one attached hydrogen (secondary N) is 1. The Morgan fingerprint density at radius 2 is 1.43 bits per heavy atom. The van der Waals surface area contributed by atoms with Crippen molar-refractivity contribution in [2.24, 2.45) is 0 Å². The summed E-state index contributed by atoms with van der Waals surface area (Å²) in [5, 5.41) is 28.2. The van der Waals surface area contributed by atoms with Crippen LogP contribution in [0.15, 0.2) is 42.5 Å². The Kier molecular flexibility index (Phi) is 10.5. The van der Waals surface area contributed by atoms with E-state index in [9.17, 15) is 19.8 Å². The first kappa shape index (κ1) is 31.3. The van der Waals surface area contributed by atoms with E-state index in [-0.39, 0.29) is 16.4 Å². The molecule has 1 aliphatic rings. The monoisotopic (exact) mass is 550 g/mol. The maximum absolute atomic E-state index is 13.7. The lowest BCUT2D eigenvalue weighted by Gasteiger charge is -2.42. The second kappa shape index (κ2) is 13.4. The number of hydrogen-bond acceptors (Lipinski definition) is 5. The number of rotatable bonds is 12. The number of ether oxygens (including phenoxy) is 1. The number of carbonyl (C=O) groups excluding carboxylic acids is 1. The SMILES string of the molecule is CCCCCCCCCC(O)OC(=N)C(=O)N(c1ccc(C(=O)O)cc1)c1ccc2c(c1)C(C)(C)CCC2(C)C. The molecule has 0 saturated heterocycles. The van der Waals surface area contributed by atoms with Gasteiger partial charge >= 0.3 is 11.9 Å². The zero-order valence-electron chi connectivity index (χ0n) is 24.8. The van der Waals surface area contributed by atoms with E-state index in [0.717, 1.165) is 37.7 Å². The molecule has 0 aliphatic heterocycles. The molecule has 0 radical (unpaired) electrons. The van der Waals surface area contributed by atoms with Gasteiger partial charge in [-0.2, -0.15) is 0 Å². The molecule has 1 amide bonds. The van der Waals surface area contributed by atoms with Gasteiger partial charge < -0.3 is 14.9 Å². The summed E-state index contributed by atoms with van der Waals surface area (Å²) in [5.41, 5.74) is 3.35. The molecule has 0 saturated carbocycles. The number of fused-ring (bicyclic) bond motifs is 1. The van der Waals surface area contributed by atoms with Crippen molar-refractivity contribution in [2.45, 2.75) is 116 Å². The summed E-state index contributed by atoms with van der Waals surface area (Å²) in [6.45, 7) is 11.0. The lowest BCUT2D eigenvalue weighted by molar-refractivity contribution is -0.116. The van der Waals surface area contributed by atoms with Crippen LogP contribution in [0, 0.1) is 5.41 Å². The minimum Gasteiger partial charge on any atom is -0.478 e. The molecule has 1 atom stereocenters. The summed E-state index contributed by atoms with van der Waals surface area (Å²) < 4.78 is 5.38. The van der Waals surface area contributed by atoms with E-state index in [1.807, 2.05) is 12.1 Å². The third kappa shape index (κ3) is 7.72. The van der Waals surface area contributed by atoms with Crippen LogP contribution in [0.5, 0.6) is 0 Å². The van der Waals surface area contributed by atoms with E-state index >= 15 is 0 Å². The summed E-state index contributed by atoms with van der Waals surface area (Å²) in [6.07, 6.45) is 8.80. The predicted octanol–water partition coefficient (Wildman–Crippen LogP) is 7.85. The summed E-state index contributed by atoms with van der Waals surface area (Å²) in [6, 6.07) is 11.9. The van der Waals surface area contributed by atoms with E-state index in [0.29, 0.717) is 17.8 Å². The van der Waals surface area contributed by atoms with Crippen molar-refractivity contribution in [2.75, 3.05) is 4.90 Å². The first-order valence-corrected chi connectivity index (χ1v) is 14.6. The van der Waals surface area contributed by atoms with Gasteiger partial charge in [0.25, 0.3) is 5.90 Å². The lowest BCUT2D eigenvalue weighted by Crippen LogP contribution is -2.37. The van der Waals surface area contributed by atoms with Crippen LogP contribution in [-0.2, 0) is 20.4 Å². The standard InChI is InChI=1S/C33H46N2O5/c1-6-7-8-9-10-11-12-13-28(36)40-29(34)30(37)35(24-16-14-23(15-17-24)31(38)39)25-18-19-26-27(22-25)33(4,5)21-20-32(26,2)3/h14-19,22,28,34,36H,6-13,20-21H2,1-5H3,(H,38,39). The summed E-state index contributed by atoms with van der Waals surface area (Å²) in [5.74, 6) is -2.45. The van der Waals surface area contributed by atoms with Crippen molar-refractivity contribution in [1.29, 1.82) is 5.41 Å². The molecule has 0 spiro atoms. The number of amides is 1. The summed E-state index contributed by atoms with van der Waals surface area (Å²) in [7, 11) is 0. The van der Waals surface area contributed by atoms with Crippen LogP contribution in [0.4, 0.5) is 11.4 Å². The van der Waals surface area contributed by atoms with Crippen molar-refractivity contribution in [3.63, 3.8) is 0 Å². The molecule has 0 fully saturated rings. The highest BCUT2D eigenvalue weighted by Crippen LogP contribution is 2.47. The molecule has 0 bridgehead atoms. The largest absolute Gasteiger partial charge is 0.478 e. The highest BCUT2D eigenvalue weighted by atomic mass is 16.6. The van der Waals surface area contributed by atoms with Crippen molar-refractivity contribution in [3.05, 3.63) is 59.2 Å². The Balaban J connectivity index is 1.84. The second-order valence-corrected chi connectivity index (χ2v) is 12.3. The second-order valence-electron chi connectivity index (χ2n) is 12.3. The smallest absolute Gasteiger partial charge is 0.335 e. The summed E-state index contributed by atoms with van der Waals surface area (Å²) >= 11 is 0. The molecule has 3 rings (SSSR count). The summed E-state index contributed by atoms with van der Waals surface area (Å²) in [4.78, 5) is 26.5. The molecule has 7 nitrogen and oxygen atoms in total. The number of nitrogens with zero attached hydrogens (tertiary/aromatic N) is 1. The Morgan fingerprint density at radius 3 is 2.02 bits per heavy atom. The number of aromatic carboxylic acids is 1. The third-order valence-electron chi connectivity index (χ3n) is 8.17. The van der Waals surface area contributed by atoms with Crippen LogP contribution in [0.2, 0.25) is 0 Å². The highest BCUT2D eigenvalue weighted by molar-refractivity contribution is 6.41. The van der Waals surface area contributed by atoms with Crippen molar-refractivity contribution in [1.82, 2.24) is 0 Å². The average Bonchev–Trinajstić information content (AvgIpc) is 2.91. The van der Waals surface area contributed by atoms with Gasteiger partial charge in [0.15, 0.2) is 6.29 Å². The van der Waals surface area contributed by atoms with E-state index in [4.69, 9.17) is 10.1 Å². The van der Waals surface area contributed by atoms with Gasteiger partial charge in [-0.15, -0.1) is 0 Å². The minimum atomic E-state index is -1.24. The third-order valence-corrected chi connectivity index (χ3v) is 8.17. The first-order chi connectivity index (χ1) is 18.9. The van der Waals surface area contributed by atoms with Crippen molar-refractivity contribution >= 4 is 29.1 Å². The number of aliphatic hydroxyl groups is 1. The van der Waals surface area contributed by atoms with Crippen molar-refractivity contribution in [3.8, 4) is 0 Å². The number of benzene rings is 2. The van der Waals surface area contributed by atoms with E-state index in [1.165, 1.54) is 48.3 Å². The first-order valence-electron chi connectivity index (χ1n) is 14.6. The maximum Gasteiger partial charge on any atom is 0.335 e. The fraction of sp³-hybridized carbons (Fsp3) is 0.545. The number of carboxylic acid groups (broad SMARTS) is 1. The molecular formula is C33H46N2O5. The quantitative estimate of drug-likeness (QED) is 0.108. The van der Waals surface area contributed by atoms with Crippen molar-refractivity contribution < 1.29 is 24.5 Å². The number of aliphatic hydroxyl groups excluding tert-OH is 1. The van der Waals surface area contributed by atoms with Crippen LogP contribution in [0.1, 0.15) is 120 Å². The molecule has 3 N–H and O–H groups in total. The van der Waals surface area contributed by atoms with Gasteiger partial charge in [0.2, 0.25) is 0 Å². The van der Waals surface area contributed by atoms with Gasteiger partial charge in [0, 0.05) is 17.8 Å². The van der Waals surface area contributed by atoms with Gasteiger partial charge in [0.05, 0.1) is 5.56 Å². The predicted molar refractivity (Wildman–Crippen MR) is 160 cm³/mol. The molecule has 218 valence electrons. The minimum absolute atomic E-state index is 0.00269. The topological polar surface area (TPSA) is 111 Å². The van der Waals surface area contributed by atoms with E-state index in [1.54, 1.807) is 12.1 Å². The molecule has 0 heterocycles. The Hall–Kier alpha value is -3.19. The molecule has 1 aliphatic carbocycles. The number of carbonyl (C=O) groups is 2. The molecule has 2 aromatic carbocycles. The van der Waals surface area contributed by atoms with Crippen LogP contribution in [0.3, 0.4) is 0 Å². The Morgan fingerprint density at radius 1 is 0.875 bits per heavy atom. The van der Waals surface area contributed by atoms with Crippen LogP contribution in [0.25, 0.3) is 0 Å². The normalized spacial score (nSPS) is 16.1. The molecular weight excluding hydrogens is 504 g/mol. The van der Waals surface area contributed by atoms with Gasteiger partial charge in [-0.1, -0.05) is 79.2 Å². The Labute approximate surface area is 239 Å². The number of carboxylic acids is 1. The fourth-order valence-corrected chi connectivity index (χ4v) is 5.48. The van der Waals surface area contributed by atoms with Gasteiger partial charge in [0.1, 0.15) is 0 Å². The number of anilines is 2. The highest BCUT2D eigenvalue weighted by Gasteiger charge is 2.38. The zero-order valence-corrected chi connectivity index (χ0v) is 24.8. The molecule has 1 unspecified atom stereocenters. The molecule has 0 aromatic heterocycles. The molecule has 2 aromatic rings. The average molecular weight is 551 g/mol. The van der Waals surface area contributed by atoms with Crippen LogP contribution >= 0.6 is 0 Å². The van der Waals surface area contributed by atoms with Crippen LogP contribution < -0.4 is 4.90 Å². The zero-order chi connectivity index (χ0) is 29.5. The van der Waals surface area contributed by atoms with Gasteiger partial charge in [-0.3, -0.25) is 15.1 Å². The van der Waals surface area contributed by atoms with E-state index < -0.39 is 24.1 Å². The van der Waals surface area contributed by atoms with Gasteiger partial charge in [-0.05, 0) is 77.6 Å². The lowest BCUT2D eigenvalue weighted by atomic mass is 9.63. The fourth-order valence-electron chi connectivity index (χ4n) is 5.48. The van der Waals surface area contributed by atoms with E-state index in [2.05, 4.69) is 40.7 Å². The number of hydrogen-bond donors (Lipinski definition) is 3.